The Balaban J connectivity index is 1.40. The Morgan fingerprint density at radius 1 is 0.446 bits per heavy atom. The van der Waals surface area contributed by atoms with Crippen LogP contribution in [0.25, 0.3) is 22.3 Å². The molecule has 9 rings (SSSR count). The number of aromatic nitrogens is 1. The molecular formula is C45H26F5N3O3. The predicted octanol–water partition coefficient (Wildman–Crippen LogP) is 10.2. The molecule has 5 aromatic rings. The van der Waals surface area contributed by atoms with Crippen molar-refractivity contribution in [2.75, 3.05) is 0 Å². The quantitative estimate of drug-likeness (QED) is 0.0836. The van der Waals surface area contributed by atoms with Gasteiger partial charge in [0.1, 0.15) is 17.2 Å². The van der Waals surface area contributed by atoms with Gasteiger partial charge in [-0.1, -0.05) is 48.6 Å². The van der Waals surface area contributed by atoms with E-state index in [4.69, 9.17) is 9.98 Å². The van der Waals surface area contributed by atoms with Gasteiger partial charge >= 0.3 is 0 Å². The van der Waals surface area contributed by atoms with E-state index in [1.54, 1.807) is 78.9 Å². The Hall–Kier alpha value is -7.27. The zero-order valence-corrected chi connectivity index (χ0v) is 28.9. The Bertz CT molecular complexity index is 2840. The average Bonchev–Trinajstić information content (AvgIpc) is 4.02. The molecule has 0 saturated heterocycles. The molecule has 274 valence electrons. The van der Waals surface area contributed by atoms with Crippen LogP contribution >= 0.6 is 0 Å². The van der Waals surface area contributed by atoms with E-state index in [0.717, 1.165) is 0 Å². The van der Waals surface area contributed by atoms with E-state index in [0.29, 0.717) is 61.8 Å². The van der Waals surface area contributed by atoms with Crippen LogP contribution in [0.5, 0.6) is 17.2 Å². The van der Waals surface area contributed by atoms with Crippen LogP contribution in [0.1, 0.15) is 40.1 Å². The SMILES string of the molecule is Oc1cccc(C2=C3C=CC(=C(c4c(F)c(F)c(F)c(F)c4F)C4=NC(=C(c5cccc(O)c5)c5ccc([nH]5)C(c5cccc(O)c5)=C5C=CC2=N5)C=C4)C3)c1. The average molecular weight is 752 g/mol. The van der Waals surface area contributed by atoms with Crippen molar-refractivity contribution < 1.29 is 37.3 Å². The van der Waals surface area contributed by atoms with Crippen LogP contribution in [0.4, 0.5) is 22.0 Å². The lowest BCUT2D eigenvalue weighted by molar-refractivity contribution is 0.376. The van der Waals surface area contributed by atoms with Gasteiger partial charge in [-0.3, -0.25) is 0 Å². The highest BCUT2D eigenvalue weighted by molar-refractivity contribution is 6.34. The highest BCUT2D eigenvalue weighted by Crippen LogP contribution is 2.43. The monoisotopic (exact) mass is 751 g/mol. The van der Waals surface area contributed by atoms with Crippen molar-refractivity contribution in [2.24, 2.45) is 9.98 Å². The minimum absolute atomic E-state index is 0.0313. The van der Waals surface area contributed by atoms with Crippen LogP contribution in [0.3, 0.4) is 0 Å². The van der Waals surface area contributed by atoms with Gasteiger partial charge < -0.3 is 20.3 Å². The van der Waals surface area contributed by atoms with E-state index in [1.807, 2.05) is 12.1 Å². The van der Waals surface area contributed by atoms with Crippen LogP contribution in [0, 0.1) is 29.1 Å². The number of fused-ring (bicyclic) bond motifs is 6. The Kier molecular flexibility index (Phi) is 8.15. The second-order valence-corrected chi connectivity index (χ2v) is 13.4. The lowest BCUT2D eigenvalue weighted by Crippen LogP contribution is -2.11. The smallest absolute Gasteiger partial charge is 0.200 e. The summed E-state index contributed by atoms with van der Waals surface area (Å²) in [4.78, 5) is 13.3. The number of nitrogens with zero attached hydrogens (tertiary/aromatic N) is 2. The molecule has 0 radical (unpaired) electrons. The van der Waals surface area contributed by atoms with Crippen molar-refractivity contribution in [1.29, 1.82) is 0 Å². The van der Waals surface area contributed by atoms with Gasteiger partial charge in [0.05, 0.1) is 28.4 Å². The topological polar surface area (TPSA) is 101 Å². The van der Waals surface area contributed by atoms with E-state index < -0.39 is 34.6 Å². The first-order valence-electron chi connectivity index (χ1n) is 17.3. The molecule has 6 nitrogen and oxygen atoms in total. The number of halogens is 5. The molecular weight excluding hydrogens is 726 g/mol. The van der Waals surface area contributed by atoms with Crippen molar-refractivity contribution in [3.63, 3.8) is 0 Å². The lowest BCUT2D eigenvalue weighted by Gasteiger charge is -2.16. The molecule has 4 heterocycles. The molecule has 4 N–H and O–H groups in total. The van der Waals surface area contributed by atoms with E-state index >= 15 is 8.78 Å². The maximum Gasteiger partial charge on any atom is 0.200 e. The number of aliphatic imine (C=N–C) groups is 2. The molecule has 3 aliphatic heterocycles. The molecule has 0 amide bonds. The summed E-state index contributed by atoms with van der Waals surface area (Å²) in [6, 6.07) is 23.1. The van der Waals surface area contributed by atoms with Crippen molar-refractivity contribution in [3.05, 3.63) is 207 Å². The van der Waals surface area contributed by atoms with Crippen LogP contribution in [-0.4, -0.2) is 31.7 Å². The number of rotatable bonds is 4. The van der Waals surface area contributed by atoms with Crippen LogP contribution < -0.4 is 0 Å². The molecule has 4 aliphatic rings. The van der Waals surface area contributed by atoms with E-state index in [1.165, 1.54) is 30.3 Å². The number of nitrogens with one attached hydrogen (secondary N) is 1. The Morgan fingerprint density at radius 2 is 0.857 bits per heavy atom. The largest absolute Gasteiger partial charge is 0.508 e. The van der Waals surface area contributed by atoms with Gasteiger partial charge in [-0.15, -0.1) is 0 Å². The fourth-order valence-electron chi connectivity index (χ4n) is 7.48. The third kappa shape index (κ3) is 5.72. The van der Waals surface area contributed by atoms with Crippen molar-refractivity contribution in [3.8, 4) is 17.2 Å². The standard InChI is InChI=1S/C45H26F5N3O3/c46-41-40(42(47)44(49)45(50)43(41)48)39-26-11-10-25(18-26)36(22-4-1-7-27(54)19-22)30-12-13-31(51-30)37(23-5-2-8-28(55)20-23)32-14-15-33(52-32)38(34-16-17-35(39)53-34)24-6-3-9-29(56)21-24/h1-17,19-21,52,54-56H,18H2. The van der Waals surface area contributed by atoms with Gasteiger partial charge in [0, 0.05) is 33.7 Å². The first kappa shape index (κ1) is 34.5. The lowest BCUT2D eigenvalue weighted by atomic mass is 9.90. The maximum atomic E-state index is 15.8. The summed E-state index contributed by atoms with van der Waals surface area (Å²) in [6.45, 7) is 0. The summed E-state index contributed by atoms with van der Waals surface area (Å²) in [5, 5.41) is 31.6. The number of hydrogen-bond acceptors (Lipinski definition) is 5. The first-order valence-corrected chi connectivity index (χ1v) is 17.3. The van der Waals surface area contributed by atoms with Gasteiger partial charge in [0.2, 0.25) is 5.82 Å². The summed E-state index contributed by atoms with van der Waals surface area (Å²) < 4.78 is 75.9. The van der Waals surface area contributed by atoms with Crippen molar-refractivity contribution in [2.45, 2.75) is 6.42 Å². The maximum absolute atomic E-state index is 15.8. The van der Waals surface area contributed by atoms with Gasteiger partial charge in [0.25, 0.3) is 0 Å². The molecule has 1 aromatic heterocycles. The second-order valence-electron chi connectivity index (χ2n) is 13.4. The predicted molar refractivity (Wildman–Crippen MR) is 204 cm³/mol. The minimum atomic E-state index is -2.28. The van der Waals surface area contributed by atoms with Gasteiger partial charge in [-0.2, -0.15) is 0 Å². The molecule has 4 aromatic carbocycles. The van der Waals surface area contributed by atoms with Crippen LogP contribution in [-0.2, 0) is 0 Å². The second kappa shape index (κ2) is 13.2. The number of benzene rings is 4. The molecule has 0 saturated carbocycles. The number of phenolic OH excluding ortho intramolecular Hbond substituents is 3. The fraction of sp³-hybridized carbons (Fsp3) is 0.0222. The van der Waals surface area contributed by atoms with Gasteiger partial charge in [0.15, 0.2) is 23.3 Å². The number of aromatic hydroxyl groups is 3. The molecule has 0 spiro atoms. The number of H-pyrrole nitrogens is 1. The van der Waals surface area contributed by atoms with Crippen molar-refractivity contribution in [1.82, 2.24) is 4.98 Å². The molecule has 0 fully saturated rings. The fourth-order valence-corrected chi connectivity index (χ4v) is 7.48. The molecule has 0 unspecified atom stereocenters. The third-order valence-electron chi connectivity index (χ3n) is 9.90. The zero-order chi connectivity index (χ0) is 38.8. The zero-order valence-electron chi connectivity index (χ0n) is 28.9. The van der Waals surface area contributed by atoms with Gasteiger partial charge in [-0.25, -0.2) is 31.9 Å². The number of hydrogen-bond donors (Lipinski definition) is 4. The van der Waals surface area contributed by atoms with Gasteiger partial charge in [-0.05, 0) is 107 Å². The summed E-state index contributed by atoms with van der Waals surface area (Å²) in [5.74, 6) is -10.5. The summed E-state index contributed by atoms with van der Waals surface area (Å²) in [6.07, 6.45) is 9.77. The summed E-state index contributed by atoms with van der Waals surface area (Å²) >= 11 is 0. The minimum Gasteiger partial charge on any atom is -0.508 e. The van der Waals surface area contributed by atoms with Crippen LogP contribution in [0.15, 0.2) is 154 Å². The van der Waals surface area contributed by atoms with E-state index in [-0.39, 0.29) is 46.2 Å². The highest BCUT2D eigenvalue weighted by Gasteiger charge is 2.33. The Morgan fingerprint density at radius 3 is 1.32 bits per heavy atom. The summed E-state index contributed by atoms with van der Waals surface area (Å²) in [5.41, 5.74) is 4.91. The highest BCUT2D eigenvalue weighted by atomic mass is 19.2. The van der Waals surface area contributed by atoms with E-state index in [9.17, 15) is 28.5 Å². The third-order valence-corrected chi connectivity index (χ3v) is 9.90. The normalized spacial score (nSPS) is 16.2. The number of phenols is 3. The number of allylic oxidation sites excluding steroid dienone is 10. The molecule has 56 heavy (non-hydrogen) atoms. The van der Waals surface area contributed by atoms with Crippen LogP contribution in [0.2, 0.25) is 0 Å². The molecule has 1 aliphatic carbocycles. The van der Waals surface area contributed by atoms with E-state index in [2.05, 4.69) is 4.98 Å². The number of aromatic amines is 1. The molecule has 11 heteroatoms. The molecule has 0 atom stereocenters. The summed E-state index contributed by atoms with van der Waals surface area (Å²) in [7, 11) is 0. The first-order chi connectivity index (χ1) is 27.0. The Labute approximate surface area is 315 Å². The molecule has 8 bridgehead atoms. The van der Waals surface area contributed by atoms with Crippen molar-refractivity contribution >= 4 is 33.7 Å².